The molecule has 0 atom stereocenters. The summed E-state index contributed by atoms with van der Waals surface area (Å²) in [4.78, 5) is 0. The number of nitrogens with zero attached hydrogens (tertiary/aromatic N) is 2. The molecular formula is C16H11ClN2O2. The standard InChI is InChI=1S/C16H11ClN2O2/c1-20-16-7-12(9-19)3-5-15(16)21-10-13-4-2-11(8-18)6-14(13)17/h2-7H,10H2,1H3. The molecular weight excluding hydrogens is 288 g/mol. The van der Waals surface area contributed by atoms with Gasteiger partial charge in [-0.2, -0.15) is 10.5 Å². The first-order chi connectivity index (χ1) is 10.2. The molecule has 0 bridgehead atoms. The summed E-state index contributed by atoms with van der Waals surface area (Å²) in [6.07, 6.45) is 0. The number of hydrogen-bond acceptors (Lipinski definition) is 4. The molecule has 0 aliphatic heterocycles. The highest BCUT2D eigenvalue weighted by Gasteiger charge is 2.08. The number of benzene rings is 2. The fourth-order valence-corrected chi connectivity index (χ4v) is 1.98. The van der Waals surface area contributed by atoms with Gasteiger partial charge in [0.25, 0.3) is 0 Å². The van der Waals surface area contributed by atoms with Gasteiger partial charge in [-0.1, -0.05) is 17.7 Å². The van der Waals surface area contributed by atoms with Gasteiger partial charge in [0.2, 0.25) is 0 Å². The minimum Gasteiger partial charge on any atom is -0.493 e. The summed E-state index contributed by atoms with van der Waals surface area (Å²) in [5, 5.41) is 18.1. The van der Waals surface area contributed by atoms with Gasteiger partial charge in [-0.25, -0.2) is 0 Å². The van der Waals surface area contributed by atoms with Gasteiger partial charge in [0.1, 0.15) is 6.61 Å². The van der Waals surface area contributed by atoms with Gasteiger partial charge in [-0.3, -0.25) is 0 Å². The molecule has 2 aromatic carbocycles. The van der Waals surface area contributed by atoms with Crippen LogP contribution in [0.4, 0.5) is 0 Å². The zero-order valence-corrected chi connectivity index (χ0v) is 12.0. The zero-order valence-electron chi connectivity index (χ0n) is 11.3. The van der Waals surface area contributed by atoms with Crippen molar-refractivity contribution < 1.29 is 9.47 Å². The van der Waals surface area contributed by atoms with Crippen LogP contribution in [0.25, 0.3) is 0 Å². The van der Waals surface area contributed by atoms with E-state index in [0.717, 1.165) is 5.56 Å². The number of hydrogen-bond donors (Lipinski definition) is 0. The van der Waals surface area contributed by atoms with Crippen molar-refractivity contribution in [3.63, 3.8) is 0 Å². The van der Waals surface area contributed by atoms with E-state index < -0.39 is 0 Å². The Morgan fingerprint density at radius 3 is 2.29 bits per heavy atom. The Morgan fingerprint density at radius 2 is 1.67 bits per heavy atom. The van der Waals surface area contributed by atoms with E-state index in [4.69, 9.17) is 31.6 Å². The molecule has 0 unspecified atom stereocenters. The molecule has 0 saturated heterocycles. The van der Waals surface area contributed by atoms with Crippen LogP contribution in [0.5, 0.6) is 11.5 Å². The van der Waals surface area contributed by atoms with Crippen LogP contribution in [0.1, 0.15) is 16.7 Å². The molecule has 0 aliphatic carbocycles. The van der Waals surface area contributed by atoms with Crippen LogP contribution in [-0.2, 0) is 6.61 Å². The summed E-state index contributed by atoms with van der Waals surface area (Å²) in [6, 6.07) is 14.0. The first-order valence-corrected chi connectivity index (χ1v) is 6.45. The minimum absolute atomic E-state index is 0.243. The summed E-state index contributed by atoms with van der Waals surface area (Å²) in [7, 11) is 1.51. The monoisotopic (exact) mass is 298 g/mol. The van der Waals surface area contributed by atoms with E-state index in [1.165, 1.54) is 7.11 Å². The van der Waals surface area contributed by atoms with E-state index in [1.54, 1.807) is 36.4 Å². The first kappa shape index (κ1) is 14.7. The first-order valence-electron chi connectivity index (χ1n) is 6.07. The van der Waals surface area contributed by atoms with Crippen LogP contribution in [0.2, 0.25) is 5.02 Å². The van der Waals surface area contributed by atoms with Crippen LogP contribution in [0, 0.1) is 22.7 Å². The quantitative estimate of drug-likeness (QED) is 0.863. The molecule has 0 amide bonds. The van der Waals surface area contributed by atoms with Gasteiger partial charge < -0.3 is 9.47 Å². The summed E-state index contributed by atoms with van der Waals surface area (Å²) in [5.74, 6) is 1.01. The van der Waals surface area contributed by atoms with Gasteiger partial charge in [0.05, 0.1) is 30.4 Å². The molecule has 0 aliphatic rings. The van der Waals surface area contributed by atoms with Crippen molar-refractivity contribution in [3.05, 3.63) is 58.1 Å². The number of ether oxygens (including phenoxy) is 2. The fraction of sp³-hybridized carbons (Fsp3) is 0.125. The lowest BCUT2D eigenvalue weighted by molar-refractivity contribution is 0.284. The van der Waals surface area contributed by atoms with E-state index in [1.807, 2.05) is 12.1 Å². The fourth-order valence-electron chi connectivity index (χ4n) is 1.75. The topological polar surface area (TPSA) is 66.0 Å². The SMILES string of the molecule is COc1cc(C#N)ccc1OCc1ccc(C#N)cc1Cl. The Kier molecular flexibility index (Phi) is 4.66. The van der Waals surface area contributed by atoms with E-state index in [9.17, 15) is 0 Å². The van der Waals surface area contributed by atoms with E-state index >= 15 is 0 Å². The third-order valence-corrected chi connectivity index (χ3v) is 3.21. The largest absolute Gasteiger partial charge is 0.493 e. The second-order valence-electron chi connectivity index (χ2n) is 4.18. The van der Waals surface area contributed by atoms with Gasteiger partial charge in [0.15, 0.2) is 11.5 Å². The zero-order chi connectivity index (χ0) is 15.2. The Balaban J connectivity index is 2.17. The van der Waals surface area contributed by atoms with Crippen LogP contribution in [0.15, 0.2) is 36.4 Å². The molecule has 0 fully saturated rings. The van der Waals surface area contributed by atoms with Crippen molar-refractivity contribution in [3.8, 4) is 23.6 Å². The maximum Gasteiger partial charge on any atom is 0.162 e. The molecule has 0 saturated carbocycles. The highest BCUT2D eigenvalue weighted by atomic mass is 35.5. The van der Waals surface area contributed by atoms with Gasteiger partial charge >= 0.3 is 0 Å². The Morgan fingerprint density at radius 1 is 1.00 bits per heavy atom. The maximum atomic E-state index is 8.85. The Hall–Kier alpha value is -2.69. The highest BCUT2D eigenvalue weighted by Crippen LogP contribution is 2.29. The van der Waals surface area contributed by atoms with Crippen LogP contribution in [0.3, 0.4) is 0 Å². The summed E-state index contributed by atoms with van der Waals surface area (Å²) in [5.41, 5.74) is 1.76. The van der Waals surface area contributed by atoms with Crippen molar-refractivity contribution in [1.82, 2.24) is 0 Å². The average Bonchev–Trinajstić information content (AvgIpc) is 2.53. The van der Waals surface area contributed by atoms with Crippen molar-refractivity contribution in [2.75, 3.05) is 7.11 Å². The van der Waals surface area contributed by atoms with Crippen molar-refractivity contribution in [2.24, 2.45) is 0 Å². The summed E-state index contributed by atoms with van der Waals surface area (Å²) >= 11 is 6.09. The summed E-state index contributed by atoms with van der Waals surface area (Å²) in [6.45, 7) is 0.243. The lowest BCUT2D eigenvalue weighted by atomic mass is 10.1. The predicted octanol–water partition coefficient (Wildman–Crippen LogP) is 3.67. The third kappa shape index (κ3) is 3.45. The second kappa shape index (κ2) is 6.65. The molecule has 104 valence electrons. The number of rotatable bonds is 4. The third-order valence-electron chi connectivity index (χ3n) is 2.86. The Bertz CT molecular complexity index is 745. The molecule has 5 heteroatoms. The highest BCUT2D eigenvalue weighted by molar-refractivity contribution is 6.31. The smallest absolute Gasteiger partial charge is 0.162 e. The average molecular weight is 299 g/mol. The number of nitriles is 2. The van der Waals surface area contributed by atoms with Gasteiger partial charge in [-0.05, 0) is 24.3 Å². The molecule has 0 spiro atoms. The van der Waals surface area contributed by atoms with Crippen LogP contribution < -0.4 is 9.47 Å². The molecule has 0 N–H and O–H groups in total. The van der Waals surface area contributed by atoms with Crippen molar-refractivity contribution >= 4 is 11.6 Å². The normalized spacial score (nSPS) is 9.52. The molecule has 21 heavy (non-hydrogen) atoms. The van der Waals surface area contributed by atoms with Gasteiger partial charge in [-0.15, -0.1) is 0 Å². The lowest BCUT2D eigenvalue weighted by Crippen LogP contribution is -1.99. The molecule has 4 nitrogen and oxygen atoms in total. The van der Waals surface area contributed by atoms with E-state index in [2.05, 4.69) is 0 Å². The lowest BCUT2D eigenvalue weighted by Gasteiger charge is -2.11. The molecule has 0 radical (unpaired) electrons. The molecule has 0 aromatic heterocycles. The summed E-state index contributed by atoms with van der Waals surface area (Å²) < 4.78 is 10.9. The van der Waals surface area contributed by atoms with Crippen molar-refractivity contribution in [1.29, 1.82) is 10.5 Å². The van der Waals surface area contributed by atoms with Crippen LogP contribution in [-0.4, -0.2) is 7.11 Å². The van der Waals surface area contributed by atoms with E-state index in [0.29, 0.717) is 27.6 Å². The predicted molar refractivity (Wildman–Crippen MR) is 78.2 cm³/mol. The van der Waals surface area contributed by atoms with Crippen LogP contribution >= 0.6 is 11.6 Å². The molecule has 0 heterocycles. The van der Waals surface area contributed by atoms with E-state index in [-0.39, 0.29) is 6.61 Å². The molecule has 2 rings (SSSR count). The number of methoxy groups -OCH3 is 1. The number of halogens is 1. The maximum absolute atomic E-state index is 8.85. The Labute approximate surface area is 127 Å². The minimum atomic E-state index is 0.243. The second-order valence-corrected chi connectivity index (χ2v) is 4.59. The van der Waals surface area contributed by atoms with Crippen molar-refractivity contribution in [2.45, 2.75) is 6.61 Å². The van der Waals surface area contributed by atoms with Gasteiger partial charge in [0, 0.05) is 16.7 Å². The molecule has 2 aromatic rings.